The number of hydrogen-bond donors (Lipinski definition) is 1. The van der Waals surface area contributed by atoms with Crippen molar-refractivity contribution in [3.8, 4) is 0 Å². The summed E-state index contributed by atoms with van der Waals surface area (Å²) in [7, 11) is 0. The third-order valence-electron chi connectivity index (χ3n) is 2.77. The lowest BCUT2D eigenvalue weighted by Crippen LogP contribution is -2.26. The van der Waals surface area contributed by atoms with E-state index in [0.717, 1.165) is 17.9 Å². The standard InChI is InChI=1S/C12H15ClOS/c13-9-5-7-10(8-6-9)15-12-4-2-1-3-11(12)14/h5-8,11-12,14H,1-4H2. The summed E-state index contributed by atoms with van der Waals surface area (Å²) in [6, 6.07) is 7.85. The fourth-order valence-corrected chi connectivity index (χ4v) is 3.25. The molecule has 0 radical (unpaired) electrons. The molecule has 15 heavy (non-hydrogen) atoms. The smallest absolute Gasteiger partial charge is 0.0662 e. The van der Waals surface area contributed by atoms with Crippen LogP contribution in [0.15, 0.2) is 29.2 Å². The summed E-state index contributed by atoms with van der Waals surface area (Å²) in [5, 5.41) is 11.0. The van der Waals surface area contributed by atoms with E-state index in [1.807, 2.05) is 24.3 Å². The Balaban J connectivity index is 1.98. The van der Waals surface area contributed by atoms with Crippen LogP contribution in [-0.4, -0.2) is 16.5 Å². The van der Waals surface area contributed by atoms with Crippen molar-refractivity contribution < 1.29 is 5.11 Å². The van der Waals surface area contributed by atoms with Crippen molar-refractivity contribution in [2.75, 3.05) is 0 Å². The molecule has 0 heterocycles. The third kappa shape index (κ3) is 3.13. The molecule has 1 aliphatic rings. The largest absolute Gasteiger partial charge is 0.392 e. The van der Waals surface area contributed by atoms with E-state index >= 15 is 0 Å². The van der Waals surface area contributed by atoms with Crippen molar-refractivity contribution in [1.82, 2.24) is 0 Å². The molecule has 2 atom stereocenters. The molecule has 2 rings (SSSR count). The van der Waals surface area contributed by atoms with Crippen LogP contribution in [-0.2, 0) is 0 Å². The molecule has 1 aliphatic carbocycles. The molecule has 1 aromatic carbocycles. The van der Waals surface area contributed by atoms with Crippen LogP contribution >= 0.6 is 23.4 Å². The van der Waals surface area contributed by atoms with Gasteiger partial charge in [-0.25, -0.2) is 0 Å². The number of rotatable bonds is 2. The zero-order valence-corrected chi connectivity index (χ0v) is 10.1. The predicted octanol–water partition coefficient (Wildman–Crippen LogP) is 3.74. The number of hydrogen-bond acceptors (Lipinski definition) is 2. The quantitative estimate of drug-likeness (QED) is 0.853. The van der Waals surface area contributed by atoms with Gasteiger partial charge in [-0.15, -0.1) is 11.8 Å². The van der Waals surface area contributed by atoms with Crippen LogP contribution in [0.5, 0.6) is 0 Å². The first-order chi connectivity index (χ1) is 7.25. The summed E-state index contributed by atoms with van der Waals surface area (Å²) in [5.41, 5.74) is 0. The lowest BCUT2D eigenvalue weighted by molar-refractivity contribution is 0.137. The second kappa shape index (κ2) is 5.24. The van der Waals surface area contributed by atoms with Crippen molar-refractivity contribution in [2.24, 2.45) is 0 Å². The fraction of sp³-hybridized carbons (Fsp3) is 0.500. The van der Waals surface area contributed by atoms with Gasteiger partial charge in [0.1, 0.15) is 0 Å². The van der Waals surface area contributed by atoms with E-state index in [0.29, 0.717) is 5.25 Å². The molecule has 0 spiro atoms. The molecular formula is C12H15ClOS. The molecule has 1 nitrogen and oxygen atoms in total. The van der Waals surface area contributed by atoms with Crippen LogP contribution in [0.25, 0.3) is 0 Å². The van der Waals surface area contributed by atoms with E-state index in [1.54, 1.807) is 11.8 Å². The van der Waals surface area contributed by atoms with Gasteiger partial charge in [0, 0.05) is 15.2 Å². The highest BCUT2D eigenvalue weighted by Gasteiger charge is 2.23. The Morgan fingerprint density at radius 1 is 1.13 bits per heavy atom. The number of thioether (sulfide) groups is 1. The van der Waals surface area contributed by atoms with E-state index in [1.165, 1.54) is 17.7 Å². The summed E-state index contributed by atoms with van der Waals surface area (Å²) < 4.78 is 0. The Morgan fingerprint density at radius 2 is 1.80 bits per heavy atom. The molecule has 1 fully saturated rings. The van der Waals surface area contributed by atoms with Gasteiger partial charge >= 0.3 is 0 Å². The molecular weight excluding hydrogens is 228 g/mol. The van der Waals surface area contributed by atoms with E-state index in [2.05, 4.69) is 0 Å². The highest BCUT2D eigenvalue weighted by atomic mass is 35.5. The van der Waals surface area contributed by atoms with Crippen LogP contribution in [0.4, 0.5) is 0 Å². The first kappa shape index (κ1) is 11.3. The van der Waals surface area contributed by atoms with Gasteiger partial charge in [0.15, 0.2) is 0 Å². The first-order valence-corrected chi connectivity index (χ1v) is 6.62. The number of halogens is 1. The van der Waals surface area contributed by atoms with Crippen molar-refractivity contribution >= 4 is 23.4 Å². The zero-order chi connectivity index (χ0) is 10.7. The minimum atomic E-state index is -0.139. The molecule has 1 N–H and O–H groups in total. The minimum absolute atomic E-state index is 0.139. The maximum atomic E-state index is 9.84. The Labute approximate surface area is 99.8 Å². The first-order valence-electron chi connectivity index (χ1n) is 5.36. The molecule has 0 saturated heterocycles. The van der Waals surface area contributed by atoms with Crippen LogP contribution in [0.2, 0.25) is 5.02 Å². The van der Waals surface area contributed by atoms with Crippen molar-refractivity contribution in [1.29, 1.82) is 0 Å². The minimum Gasteiger partial charge on any atom is -0.392 e. The highest BCUT2D eigenvalue weighted by molar-refractivity contribution is 8.00. The summed E-state index contributed by atoms with van der Waals surface area (Å²) in [5.74, 6) is 0. The van der Waals surface area contributed by atoms with Gasteiger partial charge in [-0.3, -0.25) is 0 Å². The van der Waals surface area contributed by atoms with Crippen LogP contribution in [0.1, 0.15) is 25.7 Å². The maximum absolute atomic E-state index is 9.84. The zero-order valence-electron chi connectivity index (χ0n) is 8.53. The van der Waals surface area contributed by atoms with Gasteiger partial charge < -0.3 is 5.11 Å². The second-order valence-electron chi connectivity index (χ2n) is 3.96. The third-order valence-corrected chi connectivity index (χ3v) is 4.42. The summed E-state index contributed by atoms with van der Waals surface area (Å²) >= 11 is 7.60. The Bertz CT molecular complexity index is 312. The van der Waals surface area contributed by atoms with Gasteiger partial charge in [0.05, 0.1) is 6.10 Å². The molecule has 82 valence electrons. The summed E-state index contributed by atoms with van der Waals surface area (Å²) in [6.07, 6.45) is 4.33. The number of aliphatic hydroxyl groups excluding tert-OH is 1. The second-order valence-corrected chi connectivity index (χ2v) is 5.71. The van der Waals surface area contributed by atoms with E-state index in [9.17, 15) is 5.11 Å². The molecule has 1 saturated carbocycles. The topological polar surface area (TPSA) is 20.2 Å². The Hall–Kier alpha value is -0.180. The molecule has 3 heteroatoms. The van der Waals surface area contributed by atoms with Crippen LogP contribution < -0.4 is 0 Å². The number of aliphatic hydroxyl groups is 1. The van der Waals surface area contributed by atoms with E-state index in [-0.39, 0.29) is 6.10 Å². The molecule has 0 amide bonds. The van der Waals surface area contributed by atoms with Gasteiger partial charge in [0.25, 0.3) is 0 Å². The molecule has 0 aliphatic heterocycles. The van der Waals surface area contributed by atoms with Crippen LogP contribution in [0.3, 0.4) is 0 Å². The monoisotopic (exact) mass is 242 g/mol. The van der Waals surface area contributed by atoms with Crippen molar-refractivity contribution in [3.63, 3.8) is 0 Å². The average molecular weight is 243 g/mol. The summed E-state index contributed by atoms with van der Waals surface area (Å²) in [6.45, 7) is 0. The normalized spacial score (nSPS) is 26.5. The predicted molar refractivity (Wildman–Crippen MR) is 65.6 cm³/mol. The summed E-state index contributed by atoms with van der Waals surface area (Å²) in [4.78, 5) is 1.20. The fourth-order valence-electron chi connectivity index (χ4n) is 1.90. The average Bonchev–Trinajstić information content (AvgIpc) is 2.25. The maximum Gasteiger partial charge on any atom is 0.0662 e. The van der Waals surface area contributed by atoms with Gasteiger partial charge in [0.2, 0.25) is 0 Å². The van der Waals surface area contributed by atoms with Gasteiger partial charge in [-0.1, -0.05) is 24.4 Å². The number of benzene rings is 1. The van der Waals surface area contributed by atoms with Gasteiger partial charge in [-0.2, -0.15) is 0 Å². The highest BCUT2D eigenvalue weighted by Crippen LogP contribution is 2.34. The molecule has 2 unspecified atom stereocenters. The van der Waals surface area contributed by atoms with E-state index in [4.69, 9.17) is 11.6 Å². The van der Waals surface area contributed by atoms with Crippen molar-refractivity contribution in [2.45, 2.75) is 41.9 Å². The van der Waals surface area contributed by atoms with Gasteiger partial charge in [-0.05, 0) is 37.1 Å². The molecule has 0 bridgehead atoms. The molecule has 0 aromatic heterocycles. The van der Waals surface area contributed by atoms with E-state index < -0.39 is 0 Å². The van der Waals surface area contributed by atoms with Crippen molar-refractivity contribution in [3.05, 3.63) is 29.3 Å². The Morgan fingerprint density at radius 3 is 2.47 bits per heavy atom. The van der Waals surface area contributed by atoms with Crippen LogP contribution in [0, 0.1) is 0 Å². The lowest BCUT2D eigenvalue weighted by Gasteiger charge is -2.26. The molecule has 1 aromatic rings. The Kier molecular flexibility index (Phi) is 3.95. The SMILES string of the molecule is OC1CCCCC1Sc1ccc(Cl)cc1. The lowest BCUT2D eigenvalue weighted by atomic mass is 9.97.